The zero-order chi connectivity index (χ0) is 16.2. The van der Waals surface area contributed by atoms with Crippen LogP contribution in [0.2, 0.25) is 0 Å². The third-order valence-corrected chi connectivity index (χ3v) is 3.52. The summed E-state index contributed by atoms with van der Waals surface area (Å²) in [6, 6.07) is 1.90. The van der Waals surface area contributed by atoms with Crippen molar-refractivity contribution >= 4 is 11.7 Å². The van der Waals surface area contributed by atoms with Crippen molar-refractivity contribution in [1.29, 1.82) is 0 Å². The number of alkyl halides is 3. The molecular weight excluding hydrogens is 299 g/mol. The summed E-state index contributed by atoms with van der Waals surface area (Å²) in [5.41, 5.74) is -0.741. The molecule has 8 heteroatoms. The Morgan fingerprint density at radius 3 is 2.95 bits per heavy atom. The van der Waals surface area contributed by atoms with Gasteiger partial charge in [0.15, 0.2) is 0 Å². The van der Waals surface area contributed by atoms with E-state index in [1.165, 1.54) is 0 Å². The highest BCUT2D eigenvalue weighted by atomic mass is 19.4. The van der Waals surface area contributed by atoms with Crippen molar-refractivity contribution in [2.45, 2.75) is 12.6 Å². The Labute approximate surface area is 126 Å². The van der Waals surface area contributed by atoms with Gasteiger partial charge >= 0.3 is 6.18 Å². The molecule has 22 heavy (non-hydrogen) atoms. The lowest BCUT2D eigenvalue weighted by Crippen LogP contribution is -2.29. The molecule has 1 fully saturated rings. The van der Waals surface area contributed by atoms with E-state index in [1.54, 1.807) is 12.0 Å². The summed E-state index contributed by atoms with van der Waals surface area (Å²) in [5, 5.41) is 2.88. The van der Waals surface area contributed by atoms with Crippen molar-refractivity contribution in [3.8, 4) is 0 Å². The molecule has 1 aromatic rings. The lowest BCUT2D eigenvalue weighted by Gasteiger charge is -2.16. The van der Waals surface area contributed by atoms with Crippen LogP contribution in [0.5, 0.6) is 0 Å². The highest BCUT2D eigenvalue weighted by Gasteiger charge is 2.31. The number of likely N-dealkylation sites (tertiary alicyclic amines) is 1. The van der Waals surface area contributed by atoms with Gasteiger partial charge in [0.1, 0.15) is 5.82 Å². The number of nitrogens with zero attached hydrogens (tertiary/aromatic N) is 2. The summed E-state index contributed by atoms with van der Waals surface area (Å²) in [6.45, 7) is 1.99. The topological polar surface area (TPSA) is 54.5 Å². The molecule has 5 nitrogen and oxygen atoms in total. The Morgan fingerprint density at radius 1 is 1.50 bits per heavy atom. The Morgan fingerprint density at radius 2 is 2.27 bits per heavy atom. The number of methoxy groups -OCH3 is 1. The van der Waals surface area contributed by atoms with Gasteiger partial charge in [-0.05, 0) is 12.1 Å². The molecule has 1 atom stereocenters. The van der Waals surface area contributed by atoms with Crippen LogP contribution in [0.15, 0.2) is 18.3 Å². The summed E-state index contributed by atoms with van der Waals surface area (Å²) in [4.78, 5) is 17.3. The fourth-order valence-electron chi connectivity index (χ4n) is 2.36. The van der Waals surface area contributed by atoms with Crippen molar-refractivity contribution in [1.82, 2.24) is 9.88 Å². The number of carbonyl (C=O) groups excluding carboxylic acids is 1. The number of nitrogens with one attached hydrogen (secondary N) is 1. The quantitative estimate of drug-likeness (QED) is 0.872. The standard InChI is InChI=1S/C14H18F3N3O2/c1-22-5-4-20-9-10(6-13(20)21)8-19-12-7-11(2-3-18-12)14(15,16)17/h2-3,7,10H,4-6,8-9H2,1H3,(H,18,19)/t10-/m0/s1. The molecule has 0 radical (unpaired) electrons. The zero-order valence-corrected chi connectivity index (χ0v) is 12.2. The highest BCUT2D eigenvalue weighted by molar-refractivity contribution is 5.78. The Bertz CT molecular complexity index is 522. The van der Waals surface area contributed by atoms with E-state index in [1.807, 2.05) is 0 Å². The average molecular weight is 317 g/mol. The summed E-state index contributed by atoms with van der Waals surface area (Å²) in [7, 11) is 1.57. The van der Waals surface area contributed by atoms with Crippen LogP contribution in [0.25, 0.3) is 0 Å². The third kappa shape index (κ3) is 4.33. The molecule has 2 rings (SSSR count). The van der Waals surface area contributed by atoms with Crippen LogP contribution in [-0.2, 0) is 15.7 Å². The molecule has 1 N–H and O–H groups in total. The summed E-state index contributed by atoms with van der Waals surface area (Å²) in [5.74, 6) is 0.263. The molecule has 0 aromatic carbocycles. The van der Waals surface area contributed by atoms with Gasteiger partial charge in [0, 0.05) is 45.3 Å². The minimum absolute atomic E-state index is 0.0425. The van der Waals surface area contributed by atoms with E-state index in [4.69, 9.17) is 4.74 Å². The van der Waals surface area contributed by atoms with Crippen LogP contribution in [0, 0.1) is 5.92 Å². The molecule has 0 unspecified atom stereocenters. The van der Waals surface area contributed by atoms with Crippen molar-refractivity contribution in [3.05, 3.63) is 23.9 Å². The maximum atomic E-state index is 12.6. The molecule has 1 amide bonds. The molecule has 0 spiro atoms. The SMILES string of the molecule is COCCN1C[C@H](CNc2cc(C(F)(F)F)ccn2)CC1=O. The predicted octanol–water partition coefficient (Wildman–Crippen LogP) is 2.01. The number of pyridine rings is 1. The first-order valence-electron chi connectivity index (χ1n) is 6.94. The maximum absolute atomic E-state index is 12.6. The molecule has 0 aliphatic carbocycles. The normalized spacial score (nSPS) is 18.8. The van der Waals surface area contributed by atoms with Crippen LogP contribution in [-0.4, -0.2) is 49.1 Å². The van der Waals surface area contributed by atoms with E-state index < -0.39 is 11.7 Å². The van der Waals surface area contributed by atoms with E-state index >= 15 is 0 Å². The smallest absolute Gasteiger partial charge is 0.383 e. The lowest BCUT2D eigenvalue weighted by molar-refractivity contribution is -0.137. The van der Waals surface area contributed by atoms with Gasteiger partial charge in [-0.25, -0.2) is 4.98 Å². The minimum atomic E-state index is -4.39. The number of anilines is 1. The van der Waals surface area contributed by atoms with Gasteiger partial charge in [-0.15, -0.1) is 0 Å². The van der Waals surface area contributed by atoms with E-state index in [0.717, 1.165) is 18.3 Å². The van der Waals surface area contributed by atoms with Crippen molar-refractivity contribution in [3.63, 3.8) is 0 Å². The minimum Gasteiger partial charge on any atom is -0.383 e. The van der Waals surface area contributed by atoms with Crippen molar-refractivity contribution in [2.75, 3.05) is 38.7 Å². The van der Waals surface area contributed by atoms with Crippen LogP contribution < -0.4 is 5.32 Å². The van der Waals surface area contributed by atoms with Crippen LogP contribution >= 0.6 is 0 Å². The van der Waals surface area contributed by atoms with Crippen LogP contribution in [0.4, 0.5) is 19.0 Å². The molecule has 1 aliphatic heterocycles. The van der Waals surface area contributed by atoms with Gasteiger partial charge in [0.25, 0.3) is 0 Å². The van der Waals surface area contributed by atoms with Crippen LogP contribution in [0.1, 0.15) is 12.0 Å². The van der Waals surface area contributed by atoms with E-state index in [2.05, 4.69) is 10.3 Å². The van der Waals surface area contributed by atoms with Gasteiger partial charge < -0.3 is 15.0 Å². The largest absolute Gasteiger partial charge is 0.416 e. The van der Waals surface area contributed by atoms with Gasteiger partial charge in [-0.3, -0.25) is 4.79 Å². The van der Waals surface area contributed by atoms with Gasteiger partial charge in [0.05, 0.1) is 12.2 Å². The van der Waals surface area contributed by atoms with Crippen molar-refractivity contribution < 1.29 is 22.7 Å². The third-order valence-electron chi connectivity index (χ3n) is 3.52. The second-order valence-corrected chi connectivity index (χ2v) is 5.21. The number of amides is 1. The fraction of sp³-hybridized carbons (Fsp3) is 0.571. The van der Waals surface area contributed by atoms with Gasteiger partial charge in [-0.1, -0.05) is 0 Å². The number of carbonyl (C=O) groups is 1. The molecule has 0 saturated carbocycles. The van der Waals surface area contributed by atoms with E-state index in [9.17, 15) is 18.0 Å². The van der Waals surface area contributed by atoms with Gasteiger partial charge in [-0.2, -0.15) is 13.2 Å². The first kappa shape index (κ1) is 16.5. The average Bonchev–Trinajstić information content (AvgIpc) is 2.83. The molecule has 0 bridgehead atoms. The first-order valence-corrected chi connectivity index (χ1v) is 6.94. The monoisotopic (exact) mass is 317 g/mol. The summed E-state index contributed by atoms with van der Waals surface area (Å²) in [6.07, 6.45) is -2.88. The summed E-state index contributed by atoms with van der Waals surface area (Å²) < 4.78 is 42.8. The number of ether oxygens (including phenoxy) is 1. The Kier molecular flexibility index (Phi) is 5.23. The number of hydrogen-bond acceptors (Lipinski definition) is 4. The van der Waals surface area contributed by atoms with E-state index in [0.29, 0.717) is 32.7 Å². The second-order valence-electron chi connectivity index (χ2n) is 5.21. The number of aromatic nitrogens is 1. The summed E-state index contributed by atoms with van der Waals surface area (Å²) >= 11 is 0. The lowest BCUT2D eigenvalue weighted by atomic mass is 10.1. The highest BCUT2D eigenvalue weighted by Crippen LogP contribution is 2.30. The number of hydrogen-bond donors (Lipinski definition) is 1. The van der Waals surface area contributed by atoms with E-state index in [-0.39, 0.29) is 17.6 Å². The molecule has 1 aliphatic rings. The Balaban J connectivity index is 1.87. The molecule has 1 saturated heterocycles. The van der Waals surface area contributed by atoms with Crippen LogP contribution in [0.3, 0.4) is 0 Å². The maximum Gasteiger partial charge on any atom is 0.416 e. The zero-order valence-electron chi connectivity index (χ0n) is 12.2. The number of rotatable bonds is 6. The molecule has 2 heterocycles. The fourth-order valence-corrected chi connectivity index (χ4v) is 2.36. The van der Waals surface area contributed by atoms with Gasteiger partial charge in [0.2, 0.25) is 5.91 Å². The number of halogens is 3. The Hall–Kier alpha value is -1.83. The molecular formula is C14H18F3N3O2. The first-order chi connectivity index (χ1) is 10.4. The van der Waals surface area contributed by atoms with Crippen molar-refractivity contribution in [2.24, 2.45) is 5.92 Å². The molecule has 1 aromatic heterocycles. The molecule has 122 valence electrons. The predicted molar refractivity (Wildman–Crippen MR) is 74.3 cm³/mol. The second kappa shape index (κ2) is 6.95.